The minimum Gasteiger partial charge on any atom is -0.435 e. The van der Waals surface area contributed by atoms with Crippen LogP contribution in [0.5, 0.6) is 0 Å². The number of rotatable bonds is 4. The summed E-state index contributed by atoms with van der Waals surface area (Å²) in [4.78, 5) is 24.4. The lowest BCUT2D eigenvalue weighted by atomic mass is 9.75. The Morgan fingerprint density at radius 1 is 1.12 bits per heavy atom. The minimum absolute atomic E-state index is 0.100. The molecule has 0 bridgehead atoms. The summed E-state index contributed by atoms with van der Waals surface area (Å²) in [5, 5.41) is 0. The van der Waals surface area contributed by atoms with Crippen molar-refractivity contribution in [2.45, 2.75) is 71.4 Å². The first kappa shape index (κ1) is 17.9. The van der Waals surface area contributed by atoms with Gasteiger partial charge in [0.15, 0.2) is 0 Å². The van der Waals surface area contributed by atoms with Gasteiger partial charge in [0, 0.05) is 25.9 Å². The standard InChI is InChI=1S/C19H30O5/c1-10(2)13-6-5-11(3)7-15(13)23-19-14-8-12(20)9-16(22-4)17(14)18(21)24-19/h10-11,13-17,19H,5-9H2,1-4H3/t11?,13?,14?,15?,16-,17?,19+/m1/s1. The molecule has 136 valence electrons. The van der Waals surface area contributed by atoms with Gasteiger partial charge in [-0.05, 0) is 30.6 Å². The van der Waals surface area contributed by atoms with E-state index in [9.17, 15) is 9.59 Å². The van der Waals surface area contributed by atoms with Gasteiger partial charge in [0.05, 0.1) is 18.1 Å². The molecule has 24 heavy (non-hydrogen) atoms. The van der Waals surface area contributed by atoms with E-state index in [1.54, 1.807) is 7.11 Å². The molecular formula is C19H30O5. The van der Waals surface area contributed by atoms with E-state index in [-0.39, 0.29) is 35.8 Å². The van der Waals surface area contributed by atoms with E-state index in [2.05, 4.69) is 20.8 Å². The van der Waals surface area contributed by atoms with Crippen molar-refractivity contribution in [1.82, 2.24) is 0 Å². The van der Waals surface area contributed by atoms with Gasteiger partial charge in [-0.25, -0.2) is 0 Å². The number of cyclic esters (lactones) is 1. The summed E-state index contributed by atoms with van der Waals surface area (Å²) in [7, 11) is 1.55. The van der Waals surface area contributed by atoms with Crippen LogP contribution in [0.15, 0.2) is 0 Å². The lowest BCUT2D eigenvalue weighted by Gasteiger charge is -2.39. The van der Waals surface area contributed by atoms with Gasteiger partial charge in [-0.15, -0.1) is 0 Å². The molecule has 0 aromatic carbocycles. The first-order valence-electron chi connectivity index (χ1n) is 9.31. The maximum atomic E-state index is 12.3. The van der Waals surface area contributed by atoms with Crippen LogP contribution in [0.2, 0.25) is 0 Å². The van der Waals surface area contributed by atoms with Crippen LogP contribution in [0, 0.1) is 29.6 Å². The van der Waals surface area contributed by atoms with E-state index >= 15 is 0 Å². The second-order valence-electron chi connectivity index (χ2n) is 8.22. The van der Waals surface area contributed by atoms with E-state index < -0.39 is 6.29 Å². The van der Waals surface area contributed by atoms with Gasteiger partial charge in [-0.2, -0.15) is 0 Å². The normalized spacial score (nSPS) is 43.0. The van der Waals surface area contributed by atoms with Crippen molar-refractivity contribution in [3.63, 3.8) is 0 Å². The molecule has 2 aliphatic carbocycles. The molecule has 0 aromatic heterocycles. The topological polar surface area (TPSA) is 61.8 Å². The Bertz CT molecular complexity index is 488. The summed E-state index contributed by atoms with van der Waals surface area (Å²) in [5.74, 6) is 0.941. The van der Waals surface area contributed by atoms with E-state index in [0.29, 0.717) is 30.6 Å². The van der Waals surface area contributed by atoms with Crippen LogP contribution in [0.3, 0.4) is 0 Å². The molecule has 1 aliphatic heterocycles. The number of hydrogen-bond acceptors (Lipinski definition) is 5. The predicted molar refractivity (Wildman–Crippen MR) is 88.1 cm³/mol. The molecular weight excluding hydrogens is 308 g/mol. The van der Waals surface area contributed by atoms with Crippen LogP contribution in [0.25, 0.3) is 0 Å². The van der Waals surface area contributed by atoms with Gasteiger partial charge in [0.25, 0.3) is 0 Å². The lowest BCUT2D eigenvalue weighted by Crippen LogP contribution is -2.43. The van der Waals surface area contributed by atoms with E-state index in [0.717, 1.165) is 12.8 Å². The minimum atomic E-state index is -0.596. The third kappa shape index (κ3) is 3.38. The fourth-order valence-corrected chi connectivity index (χ4v) is 4.77. The van der Waals surface area contributed by atoms with Crippen LogP contribution in [-0.4, -0.2) is 37.4 Å². The molecule has 3 rings (SSSR count). The summed E-state index contributed by atoms with van der Waals surface area (Å²) in [6.07, 6.45) is 3.16. The van der Waals surface area contributed by atoms with Gasteiger partial charge in [-0.1, -0.05) is 27.2 Å². The molecule has 5 nitrogen and oxygen atoms in total. The lowest BCUT2D eigenvalue weighted by molar-refractivity contribution is -0.197. The largest absolute Gasteiger partial charge is 0.435 e. The van der Waals surface area contributed by atoms with Gasteiger partial charge in [0.2, 0.25) is 6.29 Å². The molecule has 2 saturated carbocycles. The highest BCUT2D eigenvalue weighted by Gasteiger charge is 2.54. The van der Waals surface area contributed by atoms with Gasteiger partial charge in [0.1, 0.15) is 5.78 Å². The molecule has 1 saturated heterocycles. The van der Waals surface area contributed by atoms with Gasteiger partial charge in [-0.3, -0.25) is 9.59 Å². The number of carbonyl (C=O) groups excluding carboxylic acids is 2. The molecule has 7 atom stereocenters. The summed E-state index contributed by atoms with van der Waals surface area (Å²) < 4.78 is 17.3. The van der Waals surface area contributed by atoms with Crippen LogP contribution in [0.1, 0.15) is 52.9 Å². The van der Waals surface area contributed by atoms with Crippen molar-refractivity contribution >= 4 is 11.8 Å². The maximum Gasteiger partial charge on any atom is 0.314 e. The van der Waals surface area contributed by atoms with Crippen LogP contribution < -0.4 is 0 Å². The molecule has 0 N–H and O–H groups in total. The monoisotopic (exact) mass is 338 g/mol. The Labute approximate surface area is 144 Å². The van der Waals surface area contributed by atoms with Crippen LogP contribution in [0.4, 0.5) is 0 Å². The number of Topliss-reactive ketones (excluding diaryl/α,β-unsaturated/α-hetero) is 1. The van der Waals surface area contributed by atoms with Gasteiger partial charge >= 0.3 is 5.97 Å². The van der Waals surface area contributed by atoms with Crippen molar-refractivity contribution in [2.24, 2.45) is 29.6 Å². The summed E-state index contributed by atoms with van der Waals surface area (Å²) in [6.45, 7) is 6.71. The molecule has 3 aliphatic rings. The zero-order chi connectivity index (χ0) is 17.4. The van der Waals surface area contributed by atoms with E-state index in [1.807, 2.05) is 0 Å². The molecule has 5 unspecified atom stereocenters. The summed E-state index contributed by atoms with van der Waals surface area (Å²) in [5.41, 5.74) is 0. The van der Waals surface area contributed by atoms with E-state index in [4.69, 9.17) is 14.2 Å². The van der Waals surface area contributed by atoms with Gasteiger partial charge < -0.3 is 14.2 Å². The second-order valence-corrected chi connectivity index (χ2v) is 8.22. The summed E-state index contributed by atoms with van der Waals surface area (Å²) >= 11 is 0. The second kappa shape index (κ2) is 7.12. The fraction of sp³-hybridized carbons (Fsp3) is 0.895. The van der Waals surface area contributed by atoms with Crippen molar-refractivity contribution in [2.75, 3.05) is 7.11 Å². The quantitative estimate of drug-likeness (QED) is 0.738. The molecule has 3 fully saturated rings. The average Bonchev–Trinajstić information content (AvgIpc) is 2.82. The first-order valence-corrected chi connectivity index (χ1v) is 9.31. The predicted octanol–water partition coefficient (Wildman–Crippen LogP) is 2.96. The Morgan fingerprint density at radius 2 is 1.88 bits per heavy atom. The Balaban J connectivity index is 1.74. The highest BCUT2D eigenvalue weighted by Crippen LogP contribution is 2.43. The van der Waals surface area contributed by atoms with Crippen molar-refractivity contribution in [3.05, 3.63) is 0 Å². The molecule has 0 radical (unpaired) electrons. The number of fused-ring (bicyclic) bond motifs is 1. The smallest absolute Gasteiger partial charge is 0.314 e. The van der Waals surface area contributed by atoms with Crippen LogP contribution >= 0.6 is 0 Å². The number of esters is 1. The number of hydrogen-bond donors (Lipinski definition) is 0. The zero-order valence-corrected chi connectivity index (χ0v) is 15.2. The molecule has 0 aromatic rings. The van der Waals surface area contributed by atoms with E-state index in [1.165, 1.54) is 6.42 Å². The molecule has 5 heteroatoms. The molecule has 1 heterocycles. The Hall–Kier alpha value is -0.940. The molecule has 0 spiro atoms. The first-order chi connectivity index (χ1) is 11.4. The summed E-state index contributed by atoms with van der Waals surface area (Å²) in [6, 6.07) is 0. The van der Waals surface area contributed by atoms with Crippen molar-refractivity contribution in [3.8, 4) is 0 Å². The maximum absolute atomic E-state index is 12.3. The SMILES string of the molecule is CO[C@@H]1CC(=O)CC2C1C(=O)O[C@@H]2OC1CC(C)CCC1C(C)C. The number of ketones is 1. The third-order valence-corrected chi connectivity index (χ3v) is 6.18. The average molecular weight is 338 g/mol. The molecule has 0 amide bonds. The highest BCUT2D eigenvalue weighted by atomic mass is 16.7. The number of ether oxygens (including phenoxy) is 3. The number of carbonyl (C=O) groups is 2. The van der Waals surface area contributed by atoms with Crippen LogP contribution in [-0.2, 0) is 23.8 Å². The fourth-order valence-electron chi connectivity index (χ4n) is 4.77. The van der Waals surface area contributed by atoms with Crippen molar-refractivity contribution < 1.29 is 23.8 Å². The van der Waals surface area contributed by atoms with Crippen molar-refractivity contribution in [1.29, 1.82) is 0 Å². The zero-order valence-electron chi connectivity index (χ0n) is 15.2. The Kier molecular flexibility index (Phi) is 5.30. The highest BCUT2D eigenvalue weighted by molar-refractivity contribution is 5.85. The number of methoxy groups -OCH3 is 1. The third-order valence-electron chi connectivity index (χ3n) is 6.18. The Morgan fingerprint density at radius 3 is 2.54 bits per heavy atom.